The summed E-state index contributed by atoms with van der Waals surface area (Å²) in [5.74, 6) is 1.11. The molecule has 3 aromatic carbocycles. The van der Waals surface area contributed by atoms with Gasteiger partial charge in [0.05, 0.1) is 10.2 Å². The van der Waals surface area contributed by atoms with E-state index in [1.165, 1.54) is 0 Å². The van der Waals surface area contributed by atoms with Gasteiger partial charge in [0.15, 0.2) is 0 Å². The molecule has 4 rings (SSSR count). The topological polar surface area (TPSA) is 93.8 Å². The van der Waals surface area contributed by atoms with Crippen LogP contribution in [-0.2, 0) is 13.2 Å². The van der Waals surface area contributed by atoms with E-state index in [9.17, 15) is 4.79 Å². The van der Waals surface area contributed by atoms with Crippen LogP contribution >= 0.6 is 22.6 Å². The molecule has 0 atom stereocenters. The summed E-state index contributed by atoms with van der Waals surface area (Å²) in [6.45, 7) is 4.94. The molecule has 0 aliphatic rings. The van der Waals surface area contributed by atoms with Gasteiger partial charge in [-0.15, -0.1) is 0 Å². The van der Waals surface area contributed by atoms with Crippen LogP contribution < -0.4 is 14.8 Å². The third kappa shape index (κ3) is 6.69. The molecular formula is C29H29IN2O5. The first-order valence-corrected chi connectivity index (χ1v) is 13.1. The maximum atomic E-state index is 12.5. The van der Waals surface area contributed by atoms with Crippen LogP contribution in [0.1, 0.15) is 47.0 Å². The van der Waals surface area contributed by atoms with Gasteiger partial charge in [-0.05, 0) is 51.3 Å². The highest BCUT2D eigenvalue weighted by atomic mass is 127. The zero-order chi connectivity index (χ0) is 26.2. The number of hydrogen-bond donors (Lipinski definition) is 2. The molecule has 0 bridgehead atoms. The molecule has 0 saturated carbocycles. The molecule has 7 nitrogen and oxygen atoms in total. The predicted molar refractivity (Wildman–Crippen MR) is 150 cm³/mol. The normalized spacial score (nSPS) is 10.9. The number of hydrogen-bond acceptors (Lipinski definition) is 6. The van der Waals surface area contributed by atoms with E-state index in [2.05, 4.69) is 46.9 Å². The third-order valence-electron chi connectivity index (χ3n) is 5.70. The number of carbonyl (C=O) groups is 1. The lowest BCUT2D eigenvalue weighted by Crippen LogP contribution is -2.26. The number of halogens is 1. The van der Waals surface area contributed by atoms with Gasteiger partial charge in [0.2, 0.25) is 5.76 Å². The average Bonchev–Trinajstić information content (AvgIpc) is 3.31. The predicted octanol–water partition coefficient (Wildman–Crippen LogP) is 5.95. The van der Waals surface area contributed by atoms with Crippen LogP contribution in [0.4, 0.5) is 0 Å². The summed E-state index contributed by atoms with van der Waals surface area (Å²) in [4.78, 5) is 12.5. The maximum Gasteiger partial charge on any atom is 0.291 e. The van der Waals surface area contributed by atoms with Gasteiger partial charge >= 0.3 is 0 Å². The van der Waals surface area contributed by atoms with Crippen molar-refractivity contribution >= 4 is 28.5 Å². The lowest BCUT2D eigenvalue weighted by molar-refractivity contribution is 0.0906. The number of aliphatic hydroxyl groups excluding tert-OH is 1. The zero-order valence-corrected chi connectivity index (χ0v) is 22.9. The molecule has 1 heterocycles. The van der Waals surface area contributed by atoms with Gasteiger partial charge in [-0.3, -0.25) is 4.79 Å². The lowest BCUT2D eigenvalue weighted by Gasteiger charge is -2.19. The highest BCUT2D eigenvalue weighted by molar-refractivity contribution is 14.1. The quantitative estimate of drug-likeness (QED) is 0.204. The molecule has 2 N–H and O–H groups in total. The van der Waals surface area contributed by atoms with Crippen molar-refractivity contribution < 1.29 is 23.9 Å². The molecule has 1 amide bonds. The van der Waals surface area contributed by atoms with Crippen LogP contribution in [0.25, 0.3) is 11.3 Å². The minimum atomic E-state index is -0.434. The number of ether oxygens (including phenoxy) is 2. The third-order valence-corrected chi connectivity index (χ3v) is 6.70. The number of aliphatic hydroxyl groups is 1. The Balaban J connectivity index is 1.73. The Labute approximate surface area is 229 Å². The Bertz CT molecular complexity index is 1320. The fraction of sp³-hybridized carbons (Fsp3) is 0.241. The van der Waals surface area contributed by atoms with Crippen LogP contribution in [0.2, 0.25) is 0 Å². The van der Waals surface area contributed by atoms with Crippen molar-refractivity contribution in [1.29, 1.82) is 0 Å². The number of nitrogens with zero attached hydrogens (tertiary/aromatic N) is 1. The molecule has 1 aromatic heterocycles. The van der Waals surface area contributed by atoms with Gasteiger partial charge in [0.1, 0.15) is 30.4 Å². The second kappa shape index (κ2) is 12.7. The van der Waals surface area contributed by atoms with Crippen molar-refractivity contribution in [2.75, 3.05) is 13.2 Å². The average molecular weight is 612 g/mol. The van der Waals surface area contributed by atoms with Crippen LogP contribution in [-0.4, -0.2) is 29.3 Å². The maximum absolute atomic E-state index is 12.5. The first-order chi connectivity index (χ1) is 18.0. The van der Waals surface area contributed by atoms with E-state index in [4.69, 9.17) is 19.1 Å². The fourth-order valence-corrected chi connectivity index (χ4v) is 4.50. The lowest BCUT2D eigenvalue weighted by atomic mass is 9.97. The number of aromatic nitrogens is 1. The molecule has 0 radical (unpaired) electrons. The number of benzene rings is 3. The summed E-state index contributed by atoms with van der Waals surface area (Å²) in [6, 6.07) is 23.8. The first-order valence-electron chi connectivity index (χ1n) is 12.0. The summed E-state index contributed by atoms with van der Waals surface area (Å²) in [6.07, 6.45) is 0. The molecule has 0 spiro atoms. The smallest absolute Gasteiger partial charge is 0.291 e. The van der Waals surface area contributed by atoms with Crippen LogP contribution in [0.5, 0.6) is 11.5 Å². The van der Waals surface area contributed by atoms with Crippen molar-refractivity contribution in [1.82, 2.24) is 10.5 Å². The SMILES string of the molecule is CC(C)c1cc(-c2noc(C(=O)NCCO)c2I)c(OCc2ccccc2)cc1OCc1ccccc1. The standard InChI is InChI=1S/C29H29IN2O5/c1-19(2)22-15-23(27-26(30)28(37-32-27)29(34)31-13-14-33)25(36-18-21-11-7-4-8-12-21)16-24(22)35-17-20-9-5-3-6-10-20/h3-12,15-16,19,33H,13-14,17-18H2,1-2H3,(H,31,34). The van der Waals surface area contributed by atoms with E-state index in [0.717, 1.165) is 22.4 Å². The van der Waals surface area contributed by atoms with Crippen molar-refractivity contribution in [2.24, 2.45) is 0 Å². The van der Waals surface area contributed by atoms with Gasteiger partial charge in [0.25, 0.3) is 5.91 Å². The number of carbonyl (C=O) groups excluding carboxylic acids is 1. The zero-order valence-electron chi connectivity index (χ0n) is 20.7. The summed E-state index contributed by atoms with van der Waals surface area (Å²) < 4.78 is 18.6. The van der Waals surface area contributed by atoms with Gasteiger partial charge < -0.3 is 24.4 Å². The summed E-state index contributed by atoms with van der Waals surface area (Å²) in [7, 11) is 0. The van der Waals surface area contributed by atoms with Crippen LogP contribution in [0.3, 0.4) is 0 Å². The number of rotatable bonds is 11. The molecule has 192 valence electrons. The minimum absolute atomic E-state index is 0.0913. The molecule has 8 heteroatoms. The van der Waals surface area contributed by atoms with E-state index in [1.54, 1.807) is 0 Å². The minimum Gasteiger partial charge on any atom is -0.488 e. The van der Waals surface area contributed by atoms with Crippen molar-refractivity contribution in [2.45, 2.75) is 33.0 Å². The van der Waals surface area contributed by atoms with E-state index in [1.807, 2.05) is 72.8 Å². The molecule has 0 unspecified atom stereocenters. The second-order valence-corrected chi connectivity index (χ2v) is 9.82. The van der Waals surface area contributed by atoms with Crippen molar-refractivity contribution in [3.63, 3.8) is 0 Å². The van der Waals surface area contributed by atoms with Crippen LogP contribution in [0.15, 0.2) is 77.3 Å². The Kier molecular flexibility index (Phi) is 9.19. The van der Waals surface area contributed by atoms with Crippen molar-refractivity contribution in [3.8, 4) is 22.8 Å². The van der Waals surface area contributed by atoms with E-state index in [0.29, 0.717) is 33.8 Å². The molecule has 37 heavy (non-hydrogen) atoms. The summed E-state index contributed by atoms with van der Waals surface area (Å²) in [5.41, 5.74) is 4.29. The molecule has 0 saturated heterocycles. The fourth-order valence-electron chi connectivity index (χ4n) is 3.77. The van der Waals surface area contributed by atoms with E-state index in [-0.39, 0.29) is 24.8 Å². The molecule has 0 aliphatic heterocycles. The number of nitrogens with one attached hydrogen (secondary N) is 1. The summed E-state index contributed by atoms with van der Waals surface area (Å²) in [5, 5.41) is 15.9. The molecule has 0 fully saturated rings. The van der Waals surface area contributed by atoms with Gasteiger partial charge in [-0.25, -0.2) is 0 Å². The molecular weight excluding hydrogens is 583 g/mol. The Morgan fingerprint density at radius 3 is 2.14 bits per heavy atom. The highest BCUT2D eigenvalue weighted by Crippen LogP contribution is 2.41. The van der Waals surface area contributed by atoms with Gasteiger partial charge in [0, 0.05) is 18.2 Å². The van der Waals surface area contributed by atoms with Crippen LogP contribution in [0, 0.1) is 3.57 Å². The Morgan fingerprint density at radius 1 is 0.973 bits per heavy atom. The van der Waals surface area contributed by atoms with Crippen molar-refractivity contribution in [3.05, 3.63) is 98.8 Å². The van der Waals surface area contributed by atoms with E-state index < -0.39 is 5.91 Å². The van der Waals surface area contributed by atoms with E-state index >= 15 is 0 Å². The Hall–Kier alpha value is -3.37. The summed E-state index contributed by atoms with van der Waals surface area (Å²) >= 11 is 2.06. The Morgan fingerprint density at radius 2 is 1.57 bits per heavy atom. The second-order valence-electron chi connectivity index (χ2n) is 8.74. The molecule has 0 aliphatic carbocycles. The highest BCUT2D eigenvalue weighted by Gasteiger charge is 2.25. The first kappa shape index (κ1) is 26.7. The molecule has 4 aromatic rings. The number of amides is 1. The largest absolute Gasteiger partial charge is 0.488 e. The monoisotopic (exact) mass is 612 g/mol. The van der Waals surface area contributed by atoms with Gasteiger partial charge in [-0.2, -0.15) is 0 Å². The van der Waals surface area contributed by atoms with Gasteiger partial charge in [-0.1, -0.05) is 79.7 Å².